The van der Waals surface area contributed by atoms with Crippen molar-refractivity contribution < 1.29 is 9.47 Å². The fraction of sp³-hybridized carbons (Fsp3) is 0.267. The number of ether oxygens (including phenoxy) is 2. The van der Waals surface area contributed by atoms with Crippen molar-refractivity contribution in [2.24, 2.45) is 0 Å². The molecule has 0 amide bonds. The predicted molar refractivity (Wildman–Crippen MR) is 74.4 cm³/mol. The molecule has 0 aliphatic heterocycles. The maximum absolute atomic E-state index is 5.58. The number of para-hydroxylation sites is 1. The smallest absolute Gasteiger partial charge is 0.212 e. The van der Waals surface area contributed by atoms with E-state index >= 15 is 0 Å². The Labute approximate surface area is 113 Å². The number of hydrogen-bond acceptors (Lipinski definition) is 4. The highest BCUT2D eigenvalue weighted by molar-refractivity contribution is 5.21. The number of pyridine rings is 1. The van der Waals surface area contributed by atoms with Gasteiger partial charge < -0.3 is 14.8 Å². The molecule has 2 aromatic rings. The van der Waals surface area contributed by atoms with E-state index < -0.39 is 0 Å². The fourth-order valence-electron chi connectivity index (χ4n) is 1.63. The minimum atomic E-state index is 0.635. The molecule has 19 heavy (non-hydrogen) atoms. The maximum Gasteiger partial charge on any atom is 0.212 e. The minimum absolute atomic E-state index is 0.635. The molecule has 0 unspecified atom stereocenters. The van der Waals surface area contributed by atoms with Crippen molar-refractivity contribution in [3.8, 4) is 11.6 Å². The molecule has 1 heterocycles. The van der Waals surface area contributed by atoms with Crippen LogP contribution >= 0.6 is 0 Å². The molecule has 1 N–H and O–H groups in total. The second-order valence-electron chi connectivity index (χ2n) is 4.05. The van der Waals surface area contributed by atoms with Crippen LogP contribution in [-0.4, -0.2) is 25.2 Å². The van der Waals surface area contributed by atoms with Crippen LogP contribution < -0.4 is 14.8 Å². The summed E-state index contributed by atoms with van der Waals surface area (Å²) >= 11 is 0. The molecule has 0 atom stereocenters. The van der Waals surface area contributed by atoms with E-state index in [9.17, 15) is 0 Å². The highest BCUT2D eigenvalue weighted by Crippen LogP contribution is 2.08. The molecule has 0 aliphatic carbocycles. The van der Waals surface area contributed by atoms with Gasteiger partial charge >= 0.3 is 0 Å². The summed E-state index contributed by atoms with van der Waals surface area (Å²) in [6, 6.07) is 13.7. The van der Waals surface area contributed by atoms with E-state index in [2.05, 4.69) is 10.3 Å². The zero-order chi connectivity index (χ0) is 13.3. The van der Waals surface area contributed by atoms with E-state index in [-0.39, 0.29) is 0 Å². The summed E-state index contributed by atoms with van der Waals surface area (Å²) in [5, 5.41) is 3.30. The monoisotopic (exact) mass is 258 g/mol. The first-order chi connectivity index (χ1) is 9.38. The lowest BCUT2D eigenvalue weighted by molar-refractivity contribution is 0.313. The Hall–Kier alpha value is -2.07. The average Bonchev–Trinajstić information content (AvgIpc) is 2.49. The third kappa shape index (κ3) is 4.60. The first-order valence-corrected chi connectivity index (χ1v) is 6.26. The summed E-state index contributed by atoms with van der Waals surface area (Å²) in [5.41, 5.74) is 1.13. The highest BCUT2D eigenvalue weighted by atomic mass is 16.5. The third-order valence-electron chi connectivity index (χ3n) is 2.63. The molecule has 100 valence electrons. The molecule has 0 fully saturated rings. The molecular formula is C15H18N2O2. The van der Waals surface area contributed by atoms with Gasteiger partial charge in [0.05, 0.1) is 7.11 Å². The summed E-state index contributed by atoms with van der Waals surface area (Å²) in [7, 11) is 1.61. The van der Waals surface area contributed by atoms with Crippen LogP contribution in [0.1, 0.15) is 5.56 Å². The first kappa shape index (κ1) is 13.4. The van der Waals surface area contributed by atoms with Gasteiger partial charge in [-0.25, -0.2) is 4.98 Å². The fourth-order valence-corrected chi connectivity index (χ4v) is 1.63. The molecule has 4 nitrogen and oxygen atoms in total. The van der Waals surface area contributed by atoms with Gasteiger partial charge in [-0.2, -0.15) is 0 Å². The predicted octanol–water partition coefficient (Wildman–Crippen LogP) is 2.26. The van der Waals surface area contributed by atoms with E-state index in [4.69, 9.17) is 9.47 Å². The SMILES string of the molecule is COc1ccc(CNCCOc2ccccc2)cn1. The zero-order valence-electron chi connectivity index (χ0n) is 11.0. The first-order valence-electron chi connectivity index (χ1n) is 6.26. The molecule has 4 heteroatoms. The van der Waals surface area contributed by atoms with Crippen LogP contribution in [0.4, 0.5) is 0 Å². The number of benzene rings is 1. The molecule has 1 aromatic carbocycles. The lowest BCUT2D eigenvalue weighted by Gasteiger charge is -2.07. The molecule has 0 radical (unpaired) electrons. The van der Waals surface area contributed by atoms with Gasteiger partial charge in [0.1, 0.15) is 12.4 Å². The number of methoxy groups -OCH3 is 1. The van der Waals surface area contributed by atoms with Gasteiger partial charge in [0, 0.05) is 25.4 Å². The molecule has 0 bridgehead atoms. The van der Waals surface area contributed by atoms with Crippen molar-refractivity contribution in [3.63, 3.8) is 0 Å². The van der Waals surface area contributed by atoms with E-state index in [0.717, 1.165) is 24.4 Å². The Morgan fingerprint density at radius 2 is 1.95 bits per heavy atom. The Kier molecular flexibility index (Phi) is 5.19. The standard InChI is InChI=1S/C15H18N2O2/c1-18-15-8-7-13(12-17-15)11-16-9-10-19-14-5-3-2-4-6-14/h2-8,12,16H,9-11H2,1H3. The average molecular weight is 258 g/mol. The lowest BCUT2D eigenvalue weighted by atomic mass is 10.3. The van der Waals surface area contributed by atoms with Crippen LogP contribution in [0.25, 0.3) is 0 Å². The largest absolute Gasteiger partial charge is 0.492 e. The third-order valence-corrected chi connectivity index (χ3v) is 2.63. The second kappa shape index (κ2) is 7.38. The summed E-state index contributed by atoms with van der Waals surface area (Å²) in [6.07, 6.45) is 1.81. The van der Waals surface area contributed by atoms with Gasteiger partial charge in [0.15, 0.2) is 0 Å². The zero-order valence-corrected chi connectivity index (χ0v) is 11.0. The molecular weight excluding hydrogens is 240 g/mol. The number of aromatic nitrogens is 1. The molecule has 0 saturated carbocycles. The van der Waals surface area contributed by atoms with E-state index in [0.29, 0.717) is 12.5 Å². The number of nitrogens with one attached hydrogen (secondary N) is 1. The number of rotatable bonds is 7. The topological polar surface area (TPSA) is 43.4 Å². The summed E-state index contributed by atoms with van der Waals surface area (Å²) in [6.45, 7) is 2.21. The van der Waals surface area contributed by atoms with Crippen LogP contribution in [0.15, 0.2) is 48.7 Å². The van der Waals surface area contributed by atoms with E-state index in [1.807, 2.05) is 48.7 Å². The van der Waals surface area contributed by atoms with Crippen LogP contribution in [0.2, 0.25) is 0 Å². The highest BCUT2D eigenvalue weighted by Gasteiger charge is 1.96. The Balaban J connectivity index is 1.63. The van der Waals surface area contributed by atoms with Gasteiger partial charge in [-0.3, -0.25) is 0 Å². The van der Waals surface area contributed by atoms with Crippen LogP contribution in [0.3, 0.4) is 0 Å². The Morgan fingerprint density at radius 3 is 2.63 bits per heavy atom. The normalized spacial score (nSPS) is 10.2. The van der Waals surface area contributed by atoms with Crippen molar-refractivity contribution in [1.82, 2.24) is 10.3 Å². The van der Waals surface area contributed by atoms with Crippen molar-refractivity contribution in [2.75, 3.05) is 20.3 Å². The molecule has 2 rings (SSSR count). The minimum Gasteiger partial charge on any atom is -0.492 e. The lowest BCUT2D eigenvalue weighted by Crippen LogP contribution is -2.20. The Morgan fingerprint density at radius 1 is 1.11 bits per heavy atom. The van der Waals surface area contributed by atoms with Gasteiger partial charge in [0.2, 0.25) is 5.88 Å². The van der Waals surface area contributed by atoms with Crippen molar-refractivity contribution >= 4 is 0 Å². The van der Waals surface area contributed by atoms with Crippen LogP contribution in [-0.2, 0) is 6.54 Å². The molecule has 0 spiro atoms. The molecule has 0 saturated heterocycles. The molecule has 0 aliphatic rings. The van der Waals surface area contributed by atoms with Gasteiger partial charge in [-0.1, -0.05) is 24.3 Å². The summed E-state index contributed by atoms with van der Waals surface area (Å²) < 4.78 is 10.6. The van der Waals surface area contributed by atoms with Crippen LogP contribution in [0, 0.1) is 0 Å². The van der Waals surface area contributed by atoms with Crippen LogP contribution in [0.5, 0.6) is 11.6 Å². The van der Waals surface area contributed by atoms with E-state index in [1.54, 1.807) is 7.11 Å². The second-order valence-corrected chi connectivity index (χ2v) is 4.05. The van der Waals surface area contributed by atoms with Crippen molar-refractivity contribution in [3.05, 3.63) is 54.2 Å². The maximum atomic E-state index is 5.58. The quantitative estimate of drug-likeness (QED) is 0.774. The summed E-state index contributed by atoms with van der Waals surface area (Å²) in [5.74, 6) is 1.53. The number of hydrogen-bond donors (Lipinski definition) is 1. The van der Waals surface area contributed by atoms with Gasteiger partial charge in [0.25, 0.3) is 0 Å². The number of nitrogens with zero attached hydrogens (tertiary/aromatic N) is 1. The molecule has 1 aromatic heterocycles. The van der Waals surface area contributed by atoms with Crippen molar-refractivity contribution in [2.45, 2.75) is 6.54 Å². The van der Waals surface area contributed by atoms with E-state index in [1.165, 1.54) is 0 Å². The van der Waals surface area contributed by atoms with Crippen molar-refractivity contribution in [1.29, 1.82) is 0 Å². The van der Waals surface area contributed by atoms with Gasteiger partial charge in [-0.05, 0) is 17.7 Å². The van der Waals surface area contributed by atoms with Gasteiger partial charge in [-0.15, -0.1) is 0 Å². The Bertz CT molecular complexity index is 471. The summed E-state index contributed by atoms with van der Waals surface area (Å²) in [4.78, 5) is 4.15.